The fraction of sp³-hybridized carbons (Fsp3) is 0.455. The van der Waals surface area contributed by atoms with Crippen molar-refractivity contribution in [2.24, 2.45) is 0 Å². The molecule has 0 aliphatic carbocycles. The summed E-state index contributed by atoms with van der Waals surface area (Å²) in [6, 6.07) is 11.6. The number of urea groups is 1. The summed E-state index contributed by atoms with van der Waals surface area (Å²) in [7, 11) is 3.78. The Balaban J connectivity index is 1.49. The molecule has 2 aromatic rings. The normalized spacial score (nSPS) is 15.6. The molecular formula is C22H31N5O2. The number of methoxy groups -OCH3 is 1. The molecule has 0 saturated carbocycles. The van der Waals surface area contributed by atoms with Crippen LogP contribution in [0.3, 0.4) is 0 Å². The predicted molar refractivity (Wildman–Crippen MR) is 115 cm³/mol. The highest BCUT2D eigenvalue weighted by molar-refractivity contribution is 5.74. The van der Waals surface area contributed by atoms with Crippen molar-refractivity contribution in [3.05, 3.63) is 53.7 Å². The number of carbonyl (C=O) groups excluding carboxylic acids is 1. The molecule has 3 rings (SSSR count). The SMILES string of the molecule is CCC(NC(=O)NCc1ccc(N2CCN(C)CC2)nc1)c1ccc(OC)cc1. The van der Waals surface area contributed by atoms with E-state index in [2.05, 4.69) is 39.4 Å². The molecule has 0 radical (unpaired) electrons. The first-order valence-corrected chi connectivity index (χ1v) is 10.2. The number of anilines is 1. The van der Waals surface area contributed by atoms with E-state index >= 15 is 0 Å². The molecule has 0 spiro atoms. The molecule has 29 heavy (non-hydrogen) atoms. The van der Waals surface area contributed by atoms with Crippen LogP contribution < -0.4 is 20.3 Å². The van der Waals surface area contributed by atoms with Gasteiger partial charge in [-0.2, -0.15) is 0 Å². The zero-order valence-electron chi connectivity index (χ0n) is 17.5. The summed E-state index contributed by atoms with van der Waals surface area (Å²) in [4.78, 5) is 21.5. The van der Waals surface area contributed by atoms with Crippen LogP contribution in [0.5, 0.6) is 5.75 Å². The summed E-state index contributed by atoms with van der Waals surface area (Å²) < 4.78 is 5.19. The first kappa shape index (κ1) is 20.9. The predicted octanol–water partition coefficient (Wildman–Crippen LogP) is 2.79. The highest BCUT2D eigenvalue weighted by Gasteiger charge is 2.15. The number of likely N-dealkylation sites (N-methyl/N-ethyl adjacent to an activating group) is 1. The molecule has 7 heteroatoms. The van der Waals surface area contributed by atoms with Crippen LogP contribution in [-0.4, -0.2) is 56.3 Å². The van der Waals surface area contributed by atoms with Gasteiger partial charge in [-0.15, -0.1) is 0 Å². The molecule has 2 amide bonds. The number of rotatable bonds is 7. The number of carbonyl (C=O) groups is 1. The van der Waals surface area contributed by atoms with Crippen LogP contribution >= 0.6 is 0 Å². The smallest absolute Gasteiger partial charge is 0.315 e. The lowest BCUT2D eigenvalue weighted by molar-refractivity contribution is 0.236. The molecule has 1 fully saturated rings. The second-order valence-electron chi connectivity index (χ2n) is 7.38. The molecule has 1 unspecified atom stereocenters. The largest absolute Gasteiger partial charge is 0.497 e. The van der Waals surface area contributed by atoms with Crippen LogP contribution in [-0.2, 0) is 6.54 Å². The lowest BCUT2D eigenvalue weighted by Gasteiger charge is -2.33. The lowest BCUT2D eigenvalue weighted by atomic mass is 10.0. The highest BCUT2D eigenvalue weighted by atomic mass is 16.5. The Kier molecular flexibility index (Phi) is 7.30. The third-order valence-corrected chi connectivity index (χ3v) is 5.32. The van der Waals surface area contributed by atoms with Gasteiger partial charge in [-0.05, 0) is 42.8 Å². The zero-order chi connectivity index (χ0) is 20.6. The quantitative estimate of drug-likeness (QED) is 0.752. The van der Waals surface area contributed by atoms with Gasteiger partial charge < -0.3 is 25.2 Å². The third kappa shape index (κ3) is 5.84. The van der Waals surface area contributed by atoms with Gasteiger partial charge in [-0.3, -0.25) is 0 Å². The number of pyridine rings is 1. The van der Waals surface area contributed by atoms with Crippen molar-refractivity contribution in [3.63, 3.8) is 0 Å². The Bertz CT molecular complexity index is 771. The number of hydrogen-bond donors (Lipinski definition) is 2. The van der Waals surface area contributed by atoms with Crippen molar-refractivity contribution in [3.8, 4) is 5.75 Å². The van der Waals surface area contributed by atoms with Gasteiger partial charge in [0.2, 0.25) is 0 Å². The Morgan fingerprint density at radius 1 is 1.14 bits per heavy atom. The molecule has 156 valence electrons. The molecule has 1 aliphatic heterocycles. The number of hydrogen-bond acceptors (Lipinski definition) is 5. The molecule has 1 aliphatic rings. The standard InChI is InChI=1S/C22H31N5O2/c1-4-20(18-6-8-19(29-3)9-7-18)25-22(28)24-16-17-5-10-21(23-15-17)27-13-11-26(2)12-14-27/h5-10,15,20H,4,11-14,16H2,1-3H3,(H2,24,25,28). The lowest BCUT2D eigenvalue weighted by Crippen LogP contribution is -2.44. The minimum Gasteiger partial charge on any atom is -0.497 e. The average Bonchev–Trinajstić information content (AvgIpc) is 2.77. The summed E-state index contributed by atoms with van der Waals surface area (Å²) >= 11 is 0. The number of benzene rings is 1. The maximum atomic E-state index is 12.3. The average molecular weight is 398 g/mol. The number of aromatic nitrogens is 1. The minimum atomic E-state index is -0.184. The number of piperazine rings is 1. The molecular weight excluding hydrogens is 366 g/mol. The van der Waals surface area contributed by atoms with Crippen LogP contribution in [0.1, 0.15) is 30.5 Å². The number of nitrogens with zero attached hydrogens (tertiary/aromatic N) is 3. The topological polar surface area (TPSA) is 69.7 Å². The van der Waals surface area contributed by atoms with Gasteiger partial charge >= 0.3 is 6.03 Å². The summed E-state index contributed by atoms with van der Waals surface area (Å²) in [5, 5.41) is 5.96. The first-order valence-electron chi connectivity index (χ1n) is 10.2. The maximum Gasteiger partial charge on any atom is 0.315 e. The van der Waals surface area contributed by atoms with E-state index in [1.807, 2.05) is 42.6 Å². The van der Waals surface area contributed by atoms with Crippen molar-refractivity contribution in [1.82, 2.24) is 20.5 Å². The number of nitrogens with one attached hydrogen (secondary N) is 2. The molecule has 1 saturated heterocycles. The van der Waals surface area contributed by atoms with Crippen molar-refractivity contribution < 1.29 is 9.53 Å². The van der Waals surface area contributed by atoms with Crippen molar-refractivity contribution >= 4 is 11.8 Å². The Labute approximate surface area is 173 Å². The van der Waals surface area contributed by atoms with Crippen LogP contribution in [0.25, 0.3) is 0 Å². The Morgan fingerprint density at radius 3 is 2.45 bits per heavy atom. The van der Waals surface area contributed by atoms with Crippen molar-refractivity contribution in [2.75, 3.05) is 45.2 Å². The van der Waals surface area contributed by atoms with Crippen LogP contribution in [0.4, 0.5) is 10.6 Å². The maximum absolute atomic E-state index is 12.3. The van der Waals surface area contributed by atoms with Gasteiger partial charge in [0.05, 0.1) is 13.2 Å². The van der Waals surface area contributed by atoms with E-state index in [0.717, 1.165) is 55.3 Å². The van der Waals surface area contributed by atoms with Gasteiger partial charge in [-0.1, -0.05) is 25.1 Å². The van der Waals surface area contributed by atoms with Crippen LogP contribution in [0.15, 0.2) is 42.6 Å². The zero-order valence-corrected chi connectivity index (χ0v) is 17.5. The van der Waals surface area contributed by atoms with E-state index in [4.69, 9.17) is 4.74 Å². The molecule has 1 aromatic heterocycles. The Morgan fingerprint density at radius 2 is 1.86 bits per heavy atom. The summed E-state index contributed by atoms with van der Waals surface area (Å²) in [5.41, 5.74) is 2.04. The molecule has 0 bridgehead atoms. The monoisotopic (exact) mass is 397 g/mol. The van der Waals surface area contributed by atoms with E-state index in [9.17, 15) is 4.79 Å². The summed E-state index contributed by atoms with van der Waals surface area (Å²) in [6.45, 7) is 6.59. The van der Waals surface area contributed by atoms with Gasteiger partial charge in [0.1, 0.15) is 11.6 Å². The van der Waals surface area contributed by atoms with Crippen LogP contribution in [0.2, 0.25) is 0 Å². The van der Waals surface area contributed by atoms with E-state index in [-0.39, 0.29) is 12.1 Å². The highest BCUT2D eigenvalue weighted by Crippen LogP contribution is 2.20. The molecule has 2 N–H and O–H groups in total. The number of amides is 2. The van der Waals surface area contributed by atoms with Crippen molar-refractivity contribution in [1.29, 1.82) is 0 Å². The number of ether oxygens (including phenoxy) is 1. The van der Waals surface area contributed by atoms with E-state index in [1.54, 1.807) is 7.11 Å². The summed E-state index contributed by atoms with van der Waals surface area (Å²) in [5.74, 6) is 1.80. The molecule has 7 nitrogen and oxygen atoms in total. The molecule has 1 atom stereocenters. The molecule has 1 aromatic carbocycles. The van der Waals surface area contributed by atoms with Gasteiger partial charge in [-0.25, -0.2) is 9.78 Å². The van der Waals surface area contributed by atoms with E-state index in [1.165, 1.54) is 0 Å². The van der Waals surface area contributed by atoms with E-state index < -0.39 is 0 Å². The van der Waals surface area contributed by atoms with Gasteiger partial charge in [0, 0.05) is 38.9 Å². The molecule has 2 heterocycles. The fourth-order valence-electron chi connectivity index (χ4n) is 3.39. The van der Waals surface area contributed by atoms with Gasteiger partial charge in [0.25, 0.3) is 0 Å². The van der Waals surface area contributed by atoms with E-state index in [0.29, 0.717) is 6.54 Å². The van der Waals surface area contributed by atoms with Gasteiger partial charge in [0.15, 0.2) is 0 Å². The first-order chi connectivity index (χ1) is 14.1. The van der Waals surface area contributed by atoms with Crippen molar-refractivity contribution in [2.45, 2.75) is 25.9 Å². The van der Waals surface area contributed by atoms with Crippen LogP contribution in [0, 0.1) is 0 Å². The second kappa shape index (κ2) is 10.1. The minimum absolute atomic E-state index is 0.0429. The third-order valence-electron chi connectivity index (χ3n) is 5.32. The Hall–Kier alpha value is -2.80. The summed E-state index contributed by atoms with van der Waals surface area (Å²) in [6.07, 6.45) is 2.65. The second-order valence-corrected chi connectivity index (χ2v) is 7.38. The fourth-order valence-corrected chi connectivity index (χ4v) is 3.39.